The Labute approximate surface area is 111 Å². The second-order valence-electron chi connectivity index (χ2n) is 7.68. The largest absolute Gasteiger partial charge is 0.248 e. The molecule has 1 unspecified atom stereocenters. The lowest BCUT2D eigenvalue weighted by atomic mass is 9.64. The highest BCUT2D eigenvalue weighted by molar-refractivity contribution is 4.87. The maximum absolute atomic E-state index is 13.2. The normalized spacial score (nSPS) is 34.5. The molecule has 2 aliphatic carbocycles. The SMILES string of the molecule is CC(C)(C)[C@H]1CCCC(C2CCC(F)(F)CC2)C1. The van der Waals surface area contributed by atoms with Crippen LogP contribution in [0.15, 0.2) is 0 Å². The predicted octanol–water partition coefficient (Wildman–Crippen LogP) is 5.66. The van der Waals surface area contributed by atoms with Crippen LogP contribution in [0.1, 0.15) is 72.1 Å². The van der Waals surface area contributed by atoms with E-state index in [2.05, 4.69) is 20.8 Å². The second-order valence-corrected chi connectivity index (χ2v) is 7.68. The van der Waals surface area contributed by atoms with Crippen molar-refractivity contribution < 1.29 is 8.78 Å². The maximum atomic E-state index is 13.2. The van der Waals surface area contributed by atoms with Gasteiger partial charge in [0.05, 0.1) is 0 Å². The minimum atomic E-state index is -2.37. The van der Waals surface area contributed by atoms with E-state index in [1.54, 1.807) is 0 Å². The van der Waals surface area contributed by atoms with Gasteiger partial charge in [-0.2, -0.15) is 0 Å². The van der Waals surface area contributed by atoms with E-state index in [9.17, 15) is 8.78 Å². The van der Waals surface area contributed by atoms with E-state index in [0.29, 0.717) is 11.3 Å². The van der Waals surface area contributed by atoms with E-state index < -0.39 is 5.92 Å². The predicted molar refractivity (Wildman–Crippen MR) is 71.8 cm³/mol. The van der Waals surface area contributed by atoms with Gasteiger partial charge in [0.1, 0.15) is 0 Å². The standard InChI is InChI=1S/C16H28F2/c1-15(2,3)14-6-4-5-13(11-14)12-7-9-16(17,18)10-8-12/h12-14H,4-11H2,1-3H3/t13?,14-/m0/s1. The van der Waals surface area contributed by atoms with E-state index in [1.165, 1.54) is 25.7 Å². The van der Waals surface area contributed by atoms with Crippen LogP contribution in [-0.2, 0) is 0 Å². The van der Waals surface area contributed by atoms with Crippen LogP contribution in [0, 0.1) is 23.2 Å². The number of halogens is 2. The van der Waals surface area contributed by atoms with Gasteiger partial charge in [0.15, 0.2) is 0 Å². The van der Waals surface area contributed by atoms with Crippen LogP contribution in [0.5, 0.6) is 0 Å². The molecule has 0 aromatic rings. The molecular weight excluding hydrogens is 230 g/mol. The van der Waals surface area contributed by atoms with Crippen LogP contribution in [0.4, 0.5) is 8.78 Å². The molecule has 0 aromatic heterocycles. The Balaban J connectivity index is 1.90. The van der Waals surface area contributed by atoms with Gasteiger partial charge in [0.2, 0.25) is 5.92 Å². The third-order valence-electron chi connectivity index (χ3n) is 5.37. The van der Waals surface area contributed by atoms with Crippen molar-refractivity contribution in [1.29, 1.82) is 0 Å². The summed E-state index contributed by atoms with van der Waals surface area (Å²) in [7, 11) is 0. The molecule has 2 heteroatoms. The lowest BCUT2D eigenvalue weighted by molar-refractivity contribution is -0.0572. The van der Waals surface area contributed by atoms with E-state index in [0.717, 1.165) is 24.7 Å². The minimum absolute atomic E-state index is 0.133. The van der Waals surface area contributed by atoms with Crippen LogP contribution in [-0.4, -0.2) is 5.92 Å². The molecular formula is C16H28F2. The lowest BCUT2D eigenvalue weighted by Crippen LogP contribution is -2.33. The summed E-state index contributed by atoms with van der Waals surface area (Å²) < 4.78 is 26.4. The van der Waals surface area contributed by atoms with Gasteiger partial charge in [0, 0.05) is 12.8 Å². The molecule has 2 saturated carbocycles. The lowest BCUT2D eigenvalue weighted by Gasteiger charge is -2.42. The van der Waals surface area contributed by atoms with Crippen molar-refractivity contribution in [2.75, 3.05) is 0 Å². The van der Waals surface area contributed by atoms with Crippen molar-refractivity contribution in [2.45, 2.75) is 78.1 Å². The molecule has 2 fully saturated rings. The van der Waals surface area contributed by atoms with E-state index in [4.69, 9.17) is 0 Å². The van der Waals surface area contributed by atoms with Crippen molar-refractivity contribution >= 4 is 0 Å². The van der Waals surface area contributed by atoms with Crippen molar-refractivity contribution in [2.24, 2.45) is 23.2 Å². The third kappa shape index (κ3) is 3.45. The fraction of sp³-hybridized carbons (Fsp3) is 1.00. The van der Waals surface area contributed by atoms with E-state index >= 15 is 0 Å². The molecule has 2 aliphatic rings. The first-order valence-electron chi connectivity index (χ1n) is 7.66. The molecule has 18 heavy (non-hydrogen) atoms. The third-order valence-corrected chi connectivity index (χ3v) is 5.37. The van der Waals surface area contributed by atoms with Crippen molar-refractivity contribution in [1.82, 2.24) is 0 Å². The molecule has 106 valence electrons. The summed E-state index contributed by atoms with van der Waals surface area (Å²) in [6, 6.07) is 0. The summed E-state index contributed by atoms with van der Waals surface area (Å²) >= 11 is 0. The Morgan fingerprint density at radius 3 is 2.06 bits per heavy atom. The number of hydrogen-bond donors (Lipinski definition) is 0. The number of rotatable bonds is 1. The summed E-state index contributed by atoms with van der Waals surface area (Å²) in [4.78, 5) is 0. The van der Waals surface area contributed by atoms with Gasteiger partial charge in [-0.05, 0) is 48.9 Å². The first-order chi connectivity index (χ1) is 8.28. The zero-order valence-electron chi connectivity index (χ0n) is 12.1. The van der Waals surface area contributed by atoms with Gasteiger partial charge in [-0.1, -0.05) is 33.6 Å². The van der Waals surface area contributed by atoms with Crippen LogP contribution >= 0.6 is 0 Å². The molecule has 0 amide bonds. The van der Waals surface area contributed by atoms with Gasteiger partial charge in [0.25, 0.3) is 0 Å². The molecule has 0 nitrogen and oxygen atoms in total. The van der Waals surface area contributed by atoms with Crippen LogP contribution in [0.3, 0.4) is 0 Å². The number of alkyl halides is 2. The molecule has 0 bridgehead atoms. The average Bonchev–Trinajstić information content (AvgIpc) is 2.28. The molecule has 0 aromatic carbocycles. The van der Waals surface area contributed by atoms with Crippen LogP contribution in [0.2, 0.25) is 0 Å². The van der Waals surface area contributed by atoms with Crippen molar-refractivity contribution in [3.05, 3.63) is 0 Å². The summed E-state index contributed by atoms with van der Waals surface area (Å²) in [5.41, 5.74) is 0.386. The molecule has 0 spiro atoms. The zero-order chi connectivity index (χ0) is 13.4. The number of hydrogen-bond acceptors (Lipinski definition) is 0. The molecule has 0 heterocycles. The minimum Gasteiger partial charge on any atom is -0.207 e. The van der Waals surface area contributed by atoms with Gasteiger partial charge >= 0.3 is 0 Å². The summed E-state index contributed by atoms with van der Waals surface area (Å²) in [6.07, 6.45) is 6.98. The van der Waals surface area contributed by atoms with Gasteiger partial charge in [-0.3, -0.25) is 0 Å². The van der Waals surface area contributed by atoms with Gasteiger partial charge < -0.3 is 0 Å². The van der Waals surface area contributed by atoms with Crippen LogP contribution in [0.25, 0.3) is 0 Å². The van der Waals surface area contributed by atoms with Gasteiger partial charge in [-0.25, -0.2) is 8.78 Å². The maximum Gasteiger partial charge on any atom is 0.248 e. The van der Waals surface area contributed by atoms with Crippen molar-refractivity contribution in [3.63, 3.8) is 0 Å². The molecule has 0 aliphatic heterocycles. The molecule has 0 saturated heterocycles. The Morgan fingerprint density at radius 2 is 1.50 bits per heavy atom. The zero-order valence-corrected chi connectivity index (χ0v) is 12.1. The first kappa shape index (κ1) is 14.3. The first-order valence-corrected chi connectivity index (χ1v) is 7.66. The molecule has 0 N–H and O–H groups in total. The Hall–Kier alpha value is -0.140. The van der Waals surface area contributed by atoms with E-state index in [1.807, 2.05) is 0 Å². The topological polar surface area (TPSA) is 0 Å². The molecule has 2 rings (SSSR count). The molecule has 2 atom stereocenters. The van der Waals surface area contributed by atoms with Gasteiger partial charge in [-0.15, -0.1) is 0 Å². The summed E-state index contributed by atoms with van der Waals surface area (Å²) in [6.45, 7) is 6.99. The smallest absolute Gasteiger partial charge is 0.207 e. The Morgan fingerprint density at radius 1 is 0.889 bits per heavy atom. The Bertz CT molecular complexity index is 267. The van der Waals surface area contributed by atoms with Crippen LogP contribution < -0.4 is 0 Å². The van der Waals surface area contributed by atoms with Crippen molar-refractivity contribution in [3.8, 4) is 0 Å². The highest BCUT2D eigenvalue weighted by Gasteiger charge is 2.40. The highest BCUT2D eigenvalue weighted by atomic mass is 19.3. The quantitative estimate of drug-likeness (QED) is 0.569. The second kappa shape index (κ2) is 5.09. The van der Waals surface area contributed by atoms with E-state index in [-0.39, 0.29) is 12.8 Å². The fourth-order valence-electron chi connectivity index (χ4n) is 3.98. The average molecular weight is 258 g/mol. The summed E-state index contributed by atoms with van der Waals surface area (Å²) in [5.74, 6) is -0.276. The molecule has 0 radical (unpaired) electrons. The monoisotopic (exact) mass is 258 g/mol. The fourth-order valence-corrected chi connectivity index (χ4v) is 3.98. The summed E-state index contributed by atoms with van der Waals surface area (Å²) in [5, 5.41) is 0. The Kier molecular flexibility index (Phi) is 4.04. The highest BCUT2D eigenvalue weighted by Crippen LogP contribution is 2.47.